The van der Waals surface area contributed by atoms with E-state index in [0.29, 0.717) is 0 Å². The number of rotatable bonds is 2. The number of hydrogen-bond acceptors (Lipinski definition) is 2. The molecule has 0 saturated carbocycles. The summed E-state index contributed by atoms with van der Waals surface area (Å²) in [4.78, 5) is 0. The highest BCUT2D eigenvalue weighted by molar-refractivity contribution is 5.85. The van der Waals surface area contributed by atoms with E-state index in [9.17, 15) is 5.11 Å². The zero-order chi connectivity index (χ0) is 9.10. The highest BCUT2D eigenvalue weighted by Crippen LogP contribution is 2.12. The van der Waals surface area contributed by atoms with Crippen LogP contribution in [0.2, 0.25) is 0 Å². The summed E-state index contributed by atoms with van der Waals surface area (Å²) in [6.45, 7) is 0.943. The van der Waals surface area contributed by atoms with Crippen LogP contribution < -0.4 is 5.32 Å². The van der Waals surface area contributed by atoms with E-state index < -0.39 is 0 Å². The van der Waals surface area contributed by atoms with E-state index in [2.05, 4.69) is 17.4 Å². The molecule has 0 amide bonds. The lowest BCUT2D eigenvalue weighted by molar-refractivity contribution is 0.159. The number of hydrogen-bond donors (Lipinski definition) is 2. The predicted molar refractivity (Wildman–Crippen MR) is 59.8 cm³/mol. The van der Waals surface area contributed by atoms with Crippen molar-refractivity contribution in [1.29, 1.82) is 0 Å². The first-order valence-electron chi connectivity index (χ1n) is 4.81. The van der Waals surface area contributed by atoms with E-state index >= 15 is 0 Å². The van der Waals surface area contributed by atoms with Crippen molar-refractivity contribution in [2.24, 2.45) is 0 Å². The lowest BCUT2D eigenvalue weighted by Crippen LogP contribution is -2.32. The molecule has 2 atom stereocenters. The molecule has 1 aromatic carbocycles. The SMILES string of the molecule is Cl.O[C@H]1CCN[C@H]1Cc1ccccc1. The minimum Gasteiger partial charge on any atom is -0.391 e. The maximum Gasteiger partial charge on any atom is 0.0708 e. The fourth-order valence-corrected chi connectivity index (χ4v) is 1.83. The monoisotopic (exact) mass is 213 g/mol. The van der Waals surface area contributed by atoms with Gasteiger partial charge in [-0.15, -0.1) is 12.4 Å². The first-order valence-corrected chi connectivity index (χ1v) is 4.81. The summed E-state index contributed by atoms with van der Waals surface area (Å²) in [6, 6.07) is 10.6. The Morgan fingerprint density at radius 1 is 1.29 bits per heavy atom. The molecule has 0 radical (unpaired) electrons. The molecule has 1 fully saturated rings. The van der Waals surface area contributed by atoms with Crippen molar-refractivity contribution in [3.63, 3.8) is 0 Å². The molecule has 0 aliphatic carbocycles. The number of nitrogens with one attached hydrogen (secondary N) is 1. The van der Waals surface area contributed by atoms with E-state index in [1.54, 1.807) is 0 Å². The van der Waals surface area contributed by atoms with Crippen LogP contribution in [0.5, 0.6) is 0 Å². The molecule has 1 saturated heterocycles. The van der Waals surface area contributed by atoms with Gasteiger partial charge >= 0.3 is 0 Å². The van der Waals surface area contributed by atoms with E-state index in [1.165, 1.54) is 5.56 Å². The smallest absolute Gasteiger partial charge is 0.0708 e. The van der Waals surface area contributed by atoms with Crippen molar-refractivity contribution in [2.75, 3.05) is 6.54 Å². The molecule has 0 bridgehead atoms. The third-order valence-corrected chi connectivity index (χ3v) is 2.61. The van der Waals surface area contributed by atoms with E-state index in [-0.39, 0.29) is 24.6 Å². The van der Waals surface area contributed by atoms with Gasteiger partial charge in [0.05, 0.1) is 6.10 Å². The van der Waals surface area contributed by atoms with Crippen LogP contribution in [0.4, 0.5) is 0 Å². The lowest BCUT2D eigenvalue weighted by Gasteiger charge is -2.14. The highest BCUT2D eigenvalue weighted by atomic mass is 35.5. The first-order chi connectivity index (χ1) is 6.36. The normalized spacial score (nSPS) is 25.8. The summed E-state index contributed by atoms with van der Waals surface area (Å²) in [6.07, 6.45) is 1.65. The Bertz CT molecular complexity index is 265. The van der Waals surface area contributed by atoms with Gasteiger partial charge in [0.1, 0.15) is 0 Å². The number of halogens is 1. The van der Waals surface area contributed by atoms with Gasteiger partial charge in [-0.05, 0) is 24.9 Å². The molecular weight excluding hydrogens is 198 g/mol. The van der Waals surface area contributed by atoms with Gasteiger partial charge in [0.2, 0.25) is 0 Å². The predicted octanol–water partition coefficient (Wildman–Crippen LogP) is 1.37. The van der Waals surface area contributed by atoms with Crippen molar-refractivity contribution >= 4 is 12.4 Å². The van der Waals surface area contributed by atoms with Gasteiger partial charge in [-0.1, -0.05) is 30.3 Å². The van der Waals surface area contributed by atoms with Gasteiger partial charge in [0, 0.05) is 6.04 Å². The molecule has 2 nitrogen and oxygen atoms in total. The molecule has 1 aliphatic rings. The van der Waals surface area contributed by atoms with E-state index in [0.717, 1.165) is 19.4 Å². The molecule has 14 heavy (non-hydrogen) atoms. The summed E-state index contributed by atoms with van der Waals surface area (Å²) in [5, 5.41) is 12.9. The van der Waals surface area contributed by atoms with Gasteiger partial charge < -0.3 is 10.4 Å². The zero-order valence-corrected chi connectivity index (χ0v) is 8.83. The molecule has 1 aliphatic heterocycles. The van der Waals surface area contributed by atoms with Gasteiger partial charge in [-0.25, -0.2) is 0 Å². The minimum absolute atomic E-state index is 0. The van der Waals surface area contributed by atoms with Gasteiger partial charge in [0.25, 0.3) is 0 Å². The molecule has 1 heterocycles. The fourth-order valence-electron chi connectivity index (χ4n) is 1.83. The second-order valence-electron chi connectivity index (χ2n) is 3.61. The van der Waals surface area contributed by atoms with Gasteiger partial charge in [-0.3, -0.25) is 0 Å². The van der Waals surface area contributed by atoms with Crippen LogP contribution in [0.3, 0.4) is 0 Å². The van der Waals surface area contributed by atoms with Crippen molar-refractivity contribution in [3.05, 3.63) is 35.9 Å². The van der Waals surface area contributed by atoms with E-state index in [1.807, 2.05) is 18.2 Å². The standard InChI is InChI=1S/C11H15NO.ClH/c13-11-6-7-12-10(11)8-9-4-2-1-3-5-9;/h1-5,10-13H,6-8H2;1H/t10-,11-;/m0./s1. The first kappa shape index (κ1) is 11.5. The zero-order valence-electron chi connectivity index (χ0n) is 8.02. The third-order valence-electron chi connectivity index (χ3n) is 2.61. The number of aliphatic hydroxyl groups is 1. The quantitative estimate of drug-likeness (QED) is 0.778. The fraction of sp³-hybridized carbons (Fsp3) is 0.455. The van der Waals surface area contributed by atoms with Crippen molar-refractivity contribution < 1.29 is 5.11 Å². The highest BCUT2D eigenvalue weighted by Gasteiger charge is 2.24. The lowest BCUT2D eigenvalue weighted by atomic mass is 10.0. The van der Waals surface area contributed by atoms with Crippen LogP contribution in [0.1, 0.15) is 12.0 Å². The Morgan fingerprint density at radius 2 is 2.00 bits per heavy atom. The van der Waals surface area contributed by atoms with Crippen LogP contribution in [0.25, 0.3) is 0 Å². The summed E-state index contributed by atoms with van der Waals surface area (Å²) in [5.41, 5.74) is 1.29. The summed E-state index contributed by atoms with van der Waals surface area (Å²) in [5.74, 6) is 0. The van der Waals surface area contributed by atoms with Crippen molar-refractivity contribution in [3.8, 4) is 0 Å². The second-order valence-corrected chi connectivity index (χ2v) is 3.61. The summed E-state index contributed by atoms with van der Waals surface area (Å²) < 4.78 is 0. The minimum atomic E-state index is -0.166. The van der Waals surface area contributed by atoms with Gasteiger partial charge in [-0.2, -0.15) is 0 Å². The van der Waals surface area contributed by atoms with Crippen LogP contribution in [-0.4, -0.2) is 23.8 Å². The molecule has 0 spiro atoms. The van der Waals surface area contributed by atoms with Crippen molar-refractivity contribution in [1.82, 2.24) is 5.32 Å². The number of aliphatic hydroxyl groups excluding tert-OH is 1. The molecule has 0 unspecified atom stereocenters. The van der Waals surface area contributed by atoms with Crippen molar-refractivity contribution in [2.45, 2.75) is 25.0 Å². The molecule has 0 aromatic heterocycles. The maximum absolute atomic E-state index is 9.59. The second kappa shape index (κ2) is 5.35. The van der Waals surface area contributed by atoms with Gasteiger partial charge in [0.15, 0.2) is 0 Å². The number of benzene rings is 1. The molecule has 1 aromatic rings. The molecule has 2 rings (SSSR count). The molecule has 3 heteroatoms. The van der Waals surface area contributed by atoms with E-state index in [4.69, 9.17) is 0 Å². The topological polar surface area (TPSA) is 32.3 Å². The average molecular weight is 214 g/mol. The molecule has 78 valence electrons. The van der Waals surface area contributed by atoms with Crippen LogP contribution in [0, 0.1) is 0 Å². The Balaban J connectivity index is 0.000000980. The third kappa shape index (κ3) is 2.71. The summed E-state index contributed by atoms with van der Waals surface area (Å²) in [7, 11) is 0. The molecular formula is C11H16ClNO. The maximum atomic E-state index is 9.59. The molecule has 2 N–H and O–H groups in total. The largest absolute Gasteiger partial charge is 0.391 e. The Hall–Kier alpha value is -0.570. The van der Waals surface area contributed by atoms with Crippen LogP contribution in [0.15, 0.2) is 30.3 Å². The Kier molecular flexibility index (Phi) is 4.39. The van der Waals surface area contributed by atoms with Crippen LogP contribution in [-0.2, 0) is 6.42 Å². The average Bonchev–Trinajstić information content (AvgIpc) is 2.54. The van der Waals surface area contributed by atoms with Crippen LogP contribution >= 0.6 is 12.4 Å². The Labute approximate surface area is 90.7 Å². The summed E-state index contributed by atoms with van der Waals surface area (Å²) >= 11 is 0. The Morgan fingerprint density at radius 3 is 2.57 bits per heavy atom.